The summed E-state index contributed by atoms with van der Waals surface area (Å²) >= 11 is 0. The number of rotatable bonds is 6. The average Bonchev–Trinajstić information content (AvgIpc) is 2.80. The van der Waals surface area contributed by atoms with E-state index in [4.69, 9.17) is 0 Å². The molecule has 2 fully saturated rings. The number of anilines is 1. The van der Waals surface area contributed by atoms with Crippen molar-refractivity contribution in [3.63, 3.8) is 0 Å². The van der Waals surface area contributed by atoms with Crippen molar-refractivity contribution in [2.24, 2.45) is 0 Å². The highest BCUT2D eigenvalue weighted by Gasteiger charge is 2.25. The third kappa shape index (κ3) is 5.77. The van der Waals surface area contributed by atoms with Crippen molar-refractivity contribution in [1.29, 1.82) is 0 Å². The Morgan fingerprint density at radius 2 is 1.78 bits per heavy atom. The van der Waals surface area contributed by atoms with E-state index in [0.29, 0.717) is 30.3 Å². The summed E-state index contributed by atoms with van der Waals surface area (Å²) in [6.45, 7) is 3.43. The molecule has 32 heavy (non-hydrogen) atoms. The molecule has 1 amide bonds. The molecule has 2 aromatic rings. The average molecular weight is 442 g/mol. The van der Waals surface area contributed by atoms with Crippen LogP contribution in [0.2, 0.25) is 0 Å². The summed E-state index contributed by atoms with van der Waals surface area (Å²) in [6.07, 6.45) is 5.97. The molecule has 0 unspecified atom stereocenters. The van der Waals surface area contributed by atoms with E-state index < -0.39 is 0 Å². The van der Waals surface area contributed by atoms with E-state index in [9.17, 15) is 9.18 Å². The van der Waals surface area contributed by atoms with Crippen molar-refractivity contribution in [3.8, 4) is 11.3 Å². The maximum atomic E-state index is 13.2. The molecule has 1 aliphatic heterocycles. The van der Waals surface area contributed by atoms with Gasteiger partial charge < -0.3 is 15.1 Å². The van der Waals surface area contributed by atoms with Gasteiger partial charge in [0.2, 0.25) is 11.9 Å². The Morgan fingerprint density at radius 3 is 2.44 bits per heavy atom. The van der Waals surface area contributed by atoms with Crippen LogP contribution in [0.15, 0.2) is 30.5 Å². The van der Waals surface area contributed by atoms with Crippen LogP contribution < -0.4 is 10.2 Å². The molecule has 172 valence electrons. The number of halogens is 1. The smallest absolute Gasteiger partial charge is 0.245 e. The maximum Gasteiger partial charge on any atom is 0.245 e. The number of nitrogens with one attached hydrogen (secondary N) is 1. The summed E-state index contributed by atoms with van der Waals surface area (Å²) in [6, 6.07) is 7.13. The number of hydrogen-bond acceptors (Lipinski definition) is 7. The number of hydrogen-bond donors (Lipinski definition) is 1. The van der Waals surface area contributed by atoms with E-state index in [0.717, 1.165) is 57.4 Å². The van der Waals surface area contributed by atoms with Crippen molar-refractivity contribution in [3.05, 3.63) is 36.3 Å². The molecular formula is C23H32FN7O. The first kappa shape index (κ1) is 22.5. The SMILES string of the molecule is CN(C)C1CCC(NC(=O)CN2CCN(c3nncc(-c4ccc(F)cc4)n3)CC2)CC1. The first-order valence-electron chi connectivity index (χ1n) is 11.4. The van der Waals surface area contributed by atoms with Crippen LogP contribution in [-0.2, 0) is 4.79 Å². The van der Waals surface area contributed by atoms with Gasteiger partial charge in [-0.3, -0.25) is 9.69 Å². The van der Waals surface area contributed by atoms with Gasteiger partial charge in [0, 0.05) is 43.8 Å². The molecule has 1 aromatic heterocycles. The lowest BCUT2D eigenvalue weighted by Gasteiger charge is -2.35. The van der Waals surface area contributed by atoms with E-state index in [-0.39, 0.29) is 11.7 Å². The summed E-state index contributed by atoms with van der Waals surface area (Å²) < 4.78 is 13.2. The normalized spacial score (nSPS) is 22.2. The highest BCUT2D eigenvalue weighted by atomic mass is 19.1. The number of amides is 1. The highest BCUT2D eigenvalue weighted by molar-refractivity contribution is 5.78. The lowest BCUT2D eigenvalue weighted by Crippen LogP contribution is -2.51. The molecule has 1 N–H and O–H groups in total. The monoisotopic (exact) mass is 441 g/mol. The summed E-state index contributed by atoms with van der Waals surface area (Å²) in [4.78, 5) is 23.7. The second-order valence-electron chi connectivity index (χ2n) is 8.95. The number of benzene rings is 1. The minimum Gasteiger partial charge on any atom is -0.352 e. The molecule has 1 saturated heterocycles. The molecule has 4 rings (SSSR count). The van der Waals surface area contributed by atoms with Crippen molar-refractivity contribution >= 4 is 11.9 Å². The highest BCUT2D eigenvalue weighted by Crippen LogP contribution is 2.22. The predicted molar refractivity (Wildman–Crippen MR) is 122 cm³/mol. The van der Waals surface area contributed by atoms with Crippen molar-refractivity contribution in [1.82, 2.24) is 30.3 Å². The quantitative estimate of drug-likeness (QED) is 0.732. The standard InChI is InChI=1S/C23H32FN7O/c1-29(2)20-9-7-19(8-10-20)26-22(32)16-30-11-13-31(14-12-30)23-27-21(15-25-28-23)17-3-5-18(24)6-4-17/h3-6,15,19-20H,7-14,16H2,1-2H3,(H,26,32). The van der Waals surface area contributed by atoms with Crippen LogP contribution in [0.3, 0.4) is 0 Å². The molecule has 1 saturated carbocycles. The molecule has 2 aliphatic rings. The van der Waals surface area contributed by atoms with Crippen LogP contribution >= 0.6 is 0 Å². The van der Waals surface area contributed by atoms with E-state index in [1.54, 1.807) is 18.3 Å². The van der Waals surface area contributed by atoms with Crippen molar-refractivity contribution in [2.45, 2.75) is 37.8 Å². The van der Waals surface area contributed by atoms with Gasteiger partial charge in [0.25, 0.3) is 0 Å². The number of aromatic nitrogens is 3. The maximum absolute atomic E-state index is 13.2. The fourth-order valence-electron chi connectivity index (χ4n) is 4.51. The number of carbonyl (C=O) groups is 1. The van der Waals surface area contributed by atoms with Crippen LogP contribution in [0.1, 0.15) is 25.7 Å². The fraction of sp³-hybridized carbons (Fsp3) is 0.565. The predicted octanol–water partition coefficient (Wildman–Crippen LogP) is 1.79. The zero-order valence-electron chi connectivity index (χ0n) is 18.9. The fourth-order valence-corrected chi connectivity index (χ4v) is 4.51. The third-order valence-corrected chi connectivity index (χ3v) is 6.50. The van der Waals surface area contributed by atoms with Gasteiger partial charge in [-0.25, -0.2) is 9.37 Å². The largest absolute Gasteiger partial charge is 0.352 e. The van der Waals surface area contributed by atoms with Gasteiger partial charge in [-0.05, 0) is 64.0 Å². The minimum absolute atomic E-state index is 0.114. The third-order valence-electron chi connectivity index (χ3n) is 6.50. The lowest BCUT2D eigenvalue weighted by atomic mass is 9.90. The zero-order valence-corrected chi connectivity index (χ0v) is 18.9. The molecule has 8 nitrogen and oxygen atoms in total. The Labute approximate surface area is 188 Å². The van der Waals surface area contributed by atoms with Gasteiger partial charge >= 0.3 is 0 Å². The summed E-state index contributed by atoms with van der Waals surface area (Å²) in [5, 5.41) is 11.5. The summed E-state index contributed by atoms with van der Waals surface area (Å²) in [7, 11) is 4.26. The molecule has 0 atom stereocenters. The number of piperazine rings is 1. The molecule has 2 heterocycles. The topological polar surface area (TPSA) is 77.5 Å². The Hall–Kier alpha value is -2.65. The van der Waals surface area contributed by atoms with Crippen LogP contribution in [0, 0.1) is 5.82 Å². The van der Waals surface area contributed by atoms with Crippen molar-refractivity contribution in [2.75, 3.05) is 51.7 Å². The Bertz CT molecular complexity index is 891. The Kier molecular flexibility index (Phi) is 7.26. The Morgan fingerprint density at radius 1 is 1.09 bits per heavy atom. The first-order valence-corrected chi connectivity index (χ1v) is 11.4. The van der Waals surface area contributed by atoms with Gasteiger partial charge in [-0.1, -0.05) is 0 Å². The van der Waals surface area contributed by atoms with Gasteiger partial charge in [0.05, 0.1) is 18.4 Å². The van der Waals surface area contributed by atoms with Gasteiger partial charge in [0.15, 0.2) is 0 Å². The van der Waals surface area contributed by atoms with Gasteiger partial charge in [-0.2, -0.15) is 5.10 Å². The van der Waals surface area contributed by atoms with Crippen LogP contribution in [0.4, 0.5) is 10.3 Å². The first-order chi connectivity index (χ1) is 15.5. The number of carbonyl (C=O) groups excluding carboxylic acids is 1. The molecular weight excluding hydrogens is 409 g/mol. The lowest BCUT2D eigenvalue weighted by molar-refractivity contribution is -0.123. The second-order valence-corrected chi connectivity index (χ2v) is 8.95. The van der Waals surface area contributed by atoms with Crippen molar-refractivity contribution < 1.29 is 9.18 Å². The van der Waals surface area contributed by atoms with E-state index >= 15 is 0 Å². The minimum atomic E-state index is -0.280. The molecule has 1 aliphatic carbocycles. The summed E-state index contributed by atoms with van der Waals surface area (Å²) in [5.41, 5.74) is 1.47. The second kappa shape index (κ2) is 10.3. The molecule has 0 spiro atoms. The van der Waals surface area contributed by atoms with Crippen LogP contribution in [0.25, 0.3) is 11.3 Å². The molecule has 9 heteroatoms. The number of nitrogens with zero attached hydrogens (tertiary/aromatic N) is 6. The Balaban J connectivity index is 1.24. The van der Waals surface area contributed by atoms with Crippen LogP contribution in [-0.4, -0.2) is 89.8 Å². The molecule has 1 aromatic carbocycles. The van der Waals surface area contributed by atoms with Gasteiger partial charge in [0.1, 0.15) is 5.82 Å². The van der Waals surface area contributed by atoms with Crippen LogP contribution in [0.5, 0.6) is 0 Å². The molecule has 0 radical (unpaired) electrons. The van der Waals surface area contributed by atoms with E-state index in [2.05, 4.69) is 49.3 Å². The zero-order chi connectivity index (χ0) is 22.5. The van der Waals surface area contributed by atoms with E-state index in [1.807, 2.05) is 0 Å². The van der Waals surface area contributed by atoms with Gasteiger partial charge in [-0.15, -0.1) is 5.10 Å². The van der Waals surface area contributed by atoms with E-state index in [1.165, 1.54) is 12.1 Å². The summed E-state index contributed by atoms with van der Waals surface area (Å²) in [5.74, 6) is 0.397. The molecule has 0 bridgehead atoms.